The quantitative estimate of drug-likeness (QED) is 0.511. The van der Waals surface area contributed by atoms with Gasteiger partial charge in [-0.2, -0.15) is 0 Å². The molecule has 1 atom stereocenters. The van der Waals surface area contributed by atoms with Crippen molar-refractivity contribution in [2.45, 2.75) is 43.8 Å². The number of hydrogen-bond donors (Lipinski definition) is 4. The van der Waals surface area contributed by atoms with Crippen molar-refractivity contribution in [2.24, 2.45) is 17.4 Å². The molecule has 0 saturated heterocycles. The second-order valence-corrected chi connectivity index (χ2v) is 8.82. The van der Waals surface area contributed by atoms with E-state index >= 15 is 0 Å². The second-order valence-electron chi connectivity index (χ2n) is 8.82. The van der Waals surface area contributed by atoms with Crippen LogP contribution in [0.15, 0.2) is 73.1 Å². The maximum Gasteiger partial charge on any atom is 0.174 e. The van der Waals surface area contributed by atoms with E-state index in [4.69, 9.17) is 11.5 Å². The molecule has 160 valence electrons. The molecule has 0 spiro atoms. The SMILES string of the molecule is NC1CCC(C2(N)C=C(Nc3ccc(Cc4ccccc4)cc3)c3nccn3N2)CC1. The summed E-state index contributed by atoms with van der Waals surface area (Å²) in [6.07, 6.45) is 10.8. The normalized spacial score (nSPS) is 25.3. The summed E-state index contributed by atoms with van der Waals surface area (Å²) in [5.41, 5.74) is 20.4. The Morgan fingerprint density at radius 2 is 1.71 bits per heavy atom. The Kier molecular flexibility index (Phi) is 5.26. The molecule has 1 aliphatic heterocycles. The minimum absolute atomic E-state index is 0.295. The fourth-order valence-electron chi connectivity index (χ4n) is 4.73. The van der Waals surface area contributed by atoms with Crippen LogP contribution in [0.2, 0.25) is 0 Å². The molecule has 0 bridgehead atoms. The lowest BCUT2D eigenvalue weighted by atomic mass is 9.78. The molecule has 2 aliphatic rings. The summed E-state index contributed by atoms with van der Waals surface area (Å²) in [6.45, 7) is 0. The van der Waals surface area contributed by atoms with Gasteiger partial charge in [0.25, 0.3) is 0 Å². The van der Waals surface area contributed by atoms with Crippen LogP contribution in [0, 0.1) is 5.92 Å². The summed E-state index contributed by atoms with van der Waals surface area (Å²) >= 11 is 0. The van der Waals surface area contributed by atoms with Crippen LogP contribution >= 0.6 is 0 Å². The smallest absolute Gasteiger partial charge is 0.174 e. The van der Waals surface area contributed by atoms with Gasteiger partial charge in [0.2, 0.25) is 0 Å². The van der Waals surface area contributed by atoms with Crippen LogP contribution in [-0.4, -0.2) is 21.4 Å². The molecule has 6 N–H and O–H groups in total. The maximum absolute atomic E-state index is 6.89. The zero-order chi connectivity index (χ0) is 21.3. The summed E-state index contributed by atoms with van der Waals surface area (Å²) in [7, 11) is 0. The van der Waals surface area contributed by atoms with E-state index in [0.717, 1.165) is 49.3 Å². The third kappa shape index (κ3) is 4.22. The van der Waals surface area contributed by atoms with Gasteiger partial charge in [0.1, 0.15) is 5.66 Å². The molecule has 1 fully saturated rings. The standard InChI is InChI=1S/C25H30N6/c26-21-10-8-20(9-11-21)25(27)17-23(24-28-14-15-31(24)30-25)29-22-12-6-19(7-13-22)16-18-4-2-1-3-5-18/h1-7,12-15,17,20-21,29-30H,8-11,16,26-27H2. The molecule has 6 heteroatoms. The van der Waals surface area contributed by atoms with E-state index in [1.54, 1.807) is 6.20 Å². The minimum atomic E-state index is -0.635. The number of hydrogen-bond acceptors (Lipinski definition) is 5. The highest BCUT2D eigenvalue weighted by molar-refractivity contribution is 5.76. The topological polar surface area (TPSA) is 93.9 Å². The predicted octanol–water partition coefficient (Wildman–Crippen LogP) is 3.66. The largest absolute Gasteiger partial charge is 0.353 e. The van der Waals surface area contributed by atoms with Crippen molar-refractivity contribution in [3.8, 4) is 0 Å². The molecule has 0 amide bonds. The third-order valence-electron chi connectivity index (χ3n) is 6.51. The molecule has 3 aromatic rings. The molecule has 31 heavy (non-hydrogen) atoms. The predicted molar refractivity (Wildman–Crippen MR) is 126 cm³/mol. The van der Waals surface area contributed by atoms with Crippen LogP contribution in [0.1, 0.15) is 42.6 Å². The summed E-state index contributed by atoms with van der Waals surface area (Å²) in [5, 5.41) is 3.55. The van der Waals surface area contributed by atoms with Gasteiger partial charge >= 0.3 is 0 Å². The maximum atomic E-state index is 6.89. The lowest BCUT2D eigenvalue weighted by molar-refractivity contribution is 0.239. The number of nitrogens with zero attached hydrogens (tertiary/aromatic N) is 2. The molecule has 2 aromatic carbocycles. The number of nitrogens with one attached hydrogen (secondary N) is 2. The number of rotatable bonds is 5. The monoisotopic (exact) mass is 414 g/mol. The zero-order valence-corrected chi connectivity index (χ0v) is 17.7. The Morgan fingerprint density at radius 3 is 2.45 bits per heavy atom. The number of aromatic nitrogens is 2. The second kappa shape index (κ2) is 8.21. The van der Waals surface area contributed by atoms with Crippen molar-refractivity contribution in [3.63, 3.8) is 0 Å². The molecule has 5 rings (SSSR count). The van der Waals surface area contributed by atoms with E-state index in [-0.39, 0.29) is 0 Å². The first-order valence-corrected chi connectivity index (χ1v) is 11.1. The third-order valence-corrected chi connectivity index (χ3v) is 6.51. The van der Waals surface area contributed by atoms with Crippen LogP contribution in [-0.2, 0) is 6.42 Å². The minimum Gasteiger partial charge on any atom is -0.353 e. The molecule has 1 unspecified atom stereocenters. The average Bonchev–Trinajstić information content (AvgIpc) is 3.25. The fourth-order valence-corrected chi connectivity index (χ4v) is 4.73. The molecule has 1 aromatic heterocycles. The lowest BCUT2D eigenvalue weighted by Gasteiger charge is -2.42. The highest BCUT2D eigenvalue weighted by Crippen LogP contribution is 2.35. The van der Waals surface area contributed by atoms with Gasteiger partial charge in [0.05, 0.1) is 5.70 Å². The molecule has 6 nitrogen and oxygen atoms in total. The van der Waals surface area contributed by atoms with Gasteiger partial charge in [0, 0.05) is 30.0 Å². The first kappa shape index (κ1) is 19.8. The van der Waals surface area contributed by atoms with E-state index in [2.05, 4.69) is 70.3 Å². The Hall–Kier alpha value is -3.09. The molecular formula is C25H30N6. The number of benzene rings is 2. The van der Waals surface area contributed by atoms with Crippen LogP contribution in [0.25, 0.3) is 5.70 Å². The number of nitrogens with two attached hydrogens (primary N) is 2. The number of imidazole rings is 1. The van der Waals surface area contributed by atoms with Gasteiger partial charge < -0.3 is 22.2 Å². The van der Waals surface area contributed by atoms with Gasteiger partial charge in [-0.1, -0.05) is 42.5 Å². The zero-order valence-electron chi connectivity index (χ0n) is 17.7. The summed E-state index contributed by atoms with van der Waals surface area (Å²) in [6, 6.07) is 19.4. The summed E-state index contributed by atoms with van der Waals surface area (Å²) in [5.74, 6) is 1.16. The lowest BCUT2D eigenvalue weighted by Crippen LogP contribution is -2.58. The van der Waals surface area contributed by atoms with Gasteiger partial charge in [-0.15, -0.1) is 0 Å². The van der Waals surface area contributed by atoms with E-state index < -0.39 is 5.66 Å². The van der Waals surface area contributed by atoms with E-state index in [9.17, 15) is 0 Å². The average molecular weight is 415 g/mol. The Labute approximate surface area is 183 Å². The molecule has 1 saturated carbocycles. The van der Waals surface area contributed by atoms with Crippen molar-refractivity contribution in [1.82, 2.24) is 9.66 Å². The van der Waals surface area contributed by atoms with Crippen molar-refractivity contribution in [1.29, 1.82) is 0 Å². The van der Waals surface area contributed by atoms with Gasteiger partial charge in [-0.3, -0.25) is 0 Å². The van der Waals surface area contributed by atoms with Crippen molar-refractivity contribution >= 4 is 11.4 Å². The van der Waals surface area contributed by atoms with Gasteiger partial charge in [-0.25, -0.2) is 9.66 Å². The van der Waals surface area contributed by atoms with Crippen molar-refractivity contribution in [2.75, 3.05) is 10.7 Å². The van der Waals surface area contributed by atoms with Gasteiger partial charge in [-0.05, 0) is 61.4 Å². The molecule has 2 heterocycles. The van der Waals surface area contributed by atoms with Crippen LogP contribution in [0.4, 0.5) is 5.69 Å². The Morgan fingerprint density at radius 1 is 1.00 bits per heavy atom. The van der Waals surface area contributed by atoms with Gasteiger partial charge in [0.15, 0.2) is 5.82 Å². The summed E-state index contributed by atoms with van der Waals surface area (Å²) < 4.78 is 1.93. The van der Waals surface area contributed by atoms with E-state index in [1.807, 2.05) is 16.9 Å². The number of fused-ring (bicyclic) bond motifs is 1. The van der Waals surface area contributed by atoms with Crippen molar-refractivity contribution < 1.29 is 0 Å². The fraction of sp³-hybridized carbons (Fsp3) is 0.320. The van der Waals surface area contributed by atoms with E-state index in [0.29, 0.717) is 12.0 Å². The van der Waals surface area contributed by atoms with Crippen LogP contribution in [0.5, 0.6) is 0 Å². The number of anilines is 1. The first-order valence-electron chi connectivity index (χ1n) is 11.1. The van der Waals surface area contributed by atoms with Crippen LogP contribution < -0.4 is 22.2 Å². The van der Waals surface area contributed by atoms with E-state index in [1.165, 1.54) is 11.1 Å². The molecule has 0 radical (unpaired) electrons. The molecule has 1 aliphatic carbocycles. The molecular weight excluding hydrogens is 384 g/mol. The van der Waals surface area contributed by atoms with Crippen molar-refractivity contribution in [3.05, 3.63) is 90.0 Å². The highest BCUT2D eigenvalue weighted by atomic mass is 15.5. The highest BCUT2D eigenvalue weighted by Gasteiger charge is 2.39. The Bertz CT molecular complexity index is 1050. The Balaban J connectivity index is 1.36. The van der Waals surface area contributed by atoms with Crippen LogP contribution in [0.3, 0.4) is 0 Å². The first-order chi connectivity index (χ1) is 15.1. The summed E-state index contributed by atoms with van der Waals surface area (Å²) in [4.78, 5) is 4.52.